The van der Waals surface area contributed by atoms with Crippen LogP contribution in [0.1, 0.15) is 11.1 Å². The van der Waals surface area contributed by atoms with E-state index < -0.39 is 0 Å². The standard InChI is InChI=1S/C10H9BrN2OS/c1-6-3-4-7(2)8(5-6)14-10-13-12-9(11)15-10/h3-5H,1-2H3. The lowest BCUT2D eigenvalue weighted by Crippen LogP contribution is -1.87. The highest BCUT2D eigenvalue weighted by atomic mass is 79.9. The van der Waals surface area contributed by atoms with Crippen LogP contribution in [0.2, 0.25) is 0 Å². The van der Waals surface area contributed by atoms with E-state index >= 15 is 0 Å². The normalized spacial score (nSPS) is 10.3. The van der Waals surface area contributed by atoms with E-state index in [1.165, 1.54) is 16.9 Å². The highest BCUT2D eigenvalue weighted by molar-refractivity contribution is 9.11. The van der Waals surface area contributed by atoms with Crippen molar-refractivity contribution in [1.82, 2.24) is 10.2 Å². The summed E-state index contributed by atoms with van der Waals surface area (Å²) in [4.78, 5) is 0. The molecule has 0 saturated heterocycles. The summed E-state index contributed by atoms with van der Waals surface area (Å²) in [5, 5.41) is 8.26. The Hall–Kier alpha value is -0.940. The van der Waals surface area contributed by atoms with Gasteiger partial charge in [0.25, 0.3) is 5.19 Å². The van der Waals surface area contributed by atoms with E-state index in [2.05, 4.69) is 32.2 Å². The lowest BCUT2D eigenvalue weighted by atomic mass is 10.1. The third-order valence-corrected chi connectivity index (χ3v) is 3.16. The molecule has 1 aromatic heterocycles. The monoisotopic (exact) mass is 284 g/mol. The molecule has 2 aromatic rings. The Balaban J connectivity index is 2.27. The fourth-order valence-electron chi connectivity index (χ4n) is 1.15. The molecule has 0 aliphatic heterocycles. The second-order valence-electron chi connectivity index (χ2n) is 3.19. The highest BCUT2D eigenvalue weighted by Crippen LogP contribution is 2.29. The first-order valence-electron chi connectivity index (χ1n) is 4.39. The molecule has 0 fully saturated rings. The van der Waals surface area contributed by atoms with Gasteiger partial charge in [0, 0.05) is 0 Å². The molecule has 0 spiro atoms. The molecule has 3 nitrogen and oxygen atoms in total. The minimum Gasteiger partial charge on any atom is -0.429 e. The van der Waals surface area contributed by atoms with Gasteiger partial charge in [-0.25, -0.2) is 0 Å². The number of benzene rings is 1. The van der Waals surface area contributed by atoms with E-state index in [0.717, 1.165) is 15.2 Å². The van der Waals surface area contributed by atoms with Gasteiger partial charge in [-0.3, -0.25) is 0 Å². The molecule has 78 valence electrons. The van der Waals surface area contributed by atoms with Crippen molar-refractivity contribution in [1.29, 1.82) is 0 Å². The first-order chi connectivity index (χ1) is 7.15. The molecule has 15 heavy (non-hydrogen) atoms. The molecule has 0 bridgehead atoms. The van der Waals surface area contributed by atoms with E-state index in [0.29, 0.717) is 5.19 Å². The van der Waals surface area contributed by atoms with Crippen LogP contribution >= 0.6 is 27.3 Å². The third-order valence-electron chi connectivity index (χ3n) is 1.92. The Bertz CT molecular complexity index is 484. The van der Waals surface area contributed by atoms with Crippen LogP contribution in [0, 0.1) is 13.8 Å². The number of aryl methyl sites for hydroxylation is 2. The predicted octanol–water partition coefficient (Wildman–Crippen LogP) is 3.71. The number of ether oxygens (including phenoxy) is 1. The number of nitrogens with zero attached hydrogens (tertiary/aromatic N) is 2. The topological polar surface area (TPSA) is 35.0 Å². The lowest BCUT2D eigenvalue weighted by Gasteiger charge is -2.05. The average Bonchev–Trinajstić information content (AvgIpc) is 2.58. The van der Waals surface area contributed by atoms with Crippen LogP contribution in [0.15, 0.2) is 22.1 Å². The highest BCUT2D eigenvalue weighted by Gasteiger charge is 2.06. The first kappa shape index (κ1) is 10.6. The van der Waals surface area contributed by atoms with Crippen LogP contribution in [0.5, 0.6) is 10.9 Å². The molecule has 1 heterocycles. The van der Waals surface area contributed by atoms with Gasteiger partial charge in [-0.1, -0.05) is 17.2 Å². The van der Waals surface area contributed by atoms with Crippen molar-refractivity contribution in [3.05, 3.63) is 33.2 Å². The van der Waals surface area contributed by atoms with Gasteiger partial charge >= 0.3 is 0 Å². The molecule has 0 unspecified atom stereocenters. The smallest absolute Gasteiger partial charge is 0.300 e. The van der Waals surface area contributed by atoms with Crippen molar-refractivity contribution in [3.8, 4) is 10.9 Å². The Morgan fingerprint density at radius 3 is 2.73 bits per heavy atom. The Morgan fingerprint density at radius 2 is 2.07 bits per heavy atom. The maximum absolute atomic E-state index is 5.63. The van der Waals surface area contributed by atoms with Crippen molar-refractivity contribution in [2.24, 2.45) is 0 Å². The van der Waals surface area contributed by atoms with E-state index in [1.807, 2.05) is 26.0 Å². The fourth-order valence-corrected chi connectivity index (χ4v) is 2.08. The van der Waals surface area contributed by atoms with Crippen LogP contribution in [0.3, 0.4) is 0 Å². The largest absolute Gasteiger partial charge is 0.429 e. The number of hydrogen-bond acceptors (Lipinski definition) is 4. The van der Waals surface area contributed by atoms with Crippen molar-refractivity contribution in [3.63, 3.8) is 0 Å². The van der Waals surface area contributed by atoms with Gasteiger partial charge in [0.1, 0.15) is 5.75 Å². The summed E-state index contributed by atoms with van der Waals surface area (Å²) < 4.78 is 6.35. The molecular formula is C10H9BrN2OS. The second-order valence-corrected chi connectivity index (χ2v) is 5.41. The maximum Gasteiger partial charge on any atom is 0.300 e. The molecule has 0 atom stereocenters. The average molecular weight is 285 g/mol. The molecule has 0 aliphatic carbocycles. The number of rotatable bonds is 2. The Kier molecular flexibility index (Phi) is 3.02. The molecule has 0 amide bonds. The SMILES string of the molecule is Cc1ccc(C)c(Oc2nnc(Br)s2)c1. The van der Waals surface area contributed by atoms with Crippen LogP contribution in [0.25, 0.3) is 0 Å². The van der Waals surface area contributed by atoms with Crippen LogP contribution < -0.4 is 4.74 Å². The lowest BCUT2D eigenvalue weighted by molar-refractivity contribution is 0.469. The second kappa shape index (κ2) is 4.28. The first-order valence-corrected chi connectivity index (χ1v) is 6.00. The van der Waals surface area contributed by atoms with E-state index in [4.69, 9.17) is 4.74 Å². The van der Waals surface area contributed by atoms with Crippen molar-refractivity contribution < 1.29 is 4.74 Å². The van der Waals surface area contributed by atoms with Crippen molar-refractivity contribution in [2.75, 3.05) is 0 Å². The minimum absolute atomic E-state index is 0.551. The quantitative estimate of drug-likeness (QED) is 0.843. The number of hydrogen-bond donors (Lipinski definition) is 0. The summed E-state index contributed by atoms with van der Waals surface area (Å²) in [7, 11) is 0. The summed E-state index contributed by atoms with van der Waals surface area (Å²) >= 11 is 4.61. The van der Waals surface area contributed by atoms with E-state index in [1.54, 1.807) is 0 Å². The summed E-state index contributed by atoms with van der Waals surface area (Å²) in [6, 6.07) is 6.07. The molecule has 0 N–H and O–H groups in total. The van der Waals surface area contributed by atoms with Crippen molar-refractivity contribution >= 4 is 27.3 Å². The molecule has 1 aromatic carbocycles. The Labute approximate surface area is 100 Å². The number of aromatic nitrogens is 2. The van der Waals surface area contributed by atoms with Gasteiger partial charge < -0.3 is 4.74 Å². The zero-order valence-corrected chi connectivity index (χ0v) is 10.7. The summed E-state index contributed by atoms with van der Waals surface area (Å²) in [6.07, 6.45) is 0. The van der Waals surface area contributed by atoms with Crippen LogP contribution in [-0.2, 0) is 0 Å². The van der Waals surface area contributed by atoms with Crippen LogP contribution in [-0.4, -0.2) is 10.2 Å². The van der Waals surface area contributed by atoms with Gasteiger partial charge in [-0.05, 0) is 58.3 Å². The van der Waals surface area contributed by atoms with Gasteiger partial charge in [-0.2, -0.15) is 0 Å². The van der Waals surface area contributed by atoms with E-state index in [9.17, 15) is 0 Å². The molecule has 2 rings (SSSR count). The third kappa shape index (κ3) is 2.54. The molecule has 5 heteroatoms. The summed E-state index contributed by atoms with van der Waals surface area (Å²) in [5.74, 6) is 0.832. The van der Waals surface area contributed by atoms with Crippen molar-refractivity contribution in [2.45, 2.75) is 13.8 Å². The zero-order chi connectivity index (χ0) is 10.8. The zero-order valence-electron chi connectivity index (χ0n) is 8.32. The van der Waals surface area contributed by atoms with Gasteiger partial charge in [0.05, 0.1) is 0 Å². The van der Waals surface area contributed by atoms with Gasteiger partial charge in [0.2, 0.25) is 0 Å². The molecule has 0 aliphatic rings. The van der Waals surface area contributed by atoms with Crippen LogP contribution in [0.4, 0.5) is 0 Å². The van der Waals surface area contributed by atoms with Gasteiger partial charge in [0.15, 0.2) is 3.92 Å². The fraction of sp³-hybridized carbons (Fsp3) is 0.200. The minimum atomic E-state index is 0.551. The maximum atomic E-state index is 5.63. The van der Waals surface area contributed by atoms with Gasteiger partial charge in [-0.15, -0.1) is 5.10 Å². The predicted molar refractivity (Wildman–Crippen MR) is 63.6 cm³/mol. The molecule has 0 radical (unpaired) electrons. The van der Waals surface area contributed by atoms with E-state index in [-0.39, 0.29) is 0 Å². The molecule has 0 saturated carbocycles. The molecular weight excluding hydrogens is 276 g/mol. The summed E-state index contributed by atoms with van der Waals surface area (Å²) in [6.45, 7) is 4.03. The number of halogens is 1. The Morgan fingerprint density at radius 1 is 1.27 bits per heavy atom. The summed E-state index contributed by atoms with van der Waals surface area (Å²) in [5.41, 5.74) is 2.26.